The van der Waals surface area contributed by atoms with Crippen LogP contribution in [0.3, 0.4) is 0 Å². The summed E-state index contributed by atoms with van der Waals surface area (Å²) in [5.74, 6) is -1.20. The highest BCUT2D eigenvalue weighted by Crippen LogP contribution is 2.44. The minimum Gasteiger partial charge on any atom is -0.478 e. The number of nitrogens with one attached hydrogen (secondary N) is 1. The average Bonchev–Trinajstić information content (AvgIpc) is 3.16. The van der Waals surface area contributed by atoms with E-state index in [1.165, 1.54) is 18.2 Å². The van der Waals surface area contributed by atoms with Crippen LogP contribution in [0.15, 0.2) is 71.2 Å². The van der Waals surface area contributed by atoms with E-state index in [1.54, 1.807) is 0 Å². The first-order chi connectivity index (χ1) is 16.4. The molecule has 176 valence electrons. The fraction of sp³-hybridized carbons (Fsp3) is 0.231. The largest absolute Gasteiger partial charge is 0.478 e. The predicted molar refractivity (Wildman–Crippen MR) is 130 cm³/mol. The molecule has 8 heteroatoms. The number of aliphatic hydroxyl groups is 2. The van der Waals surface area contributed by atoms with Gasteiger partial charge < -0.3 is 25.4 Å². The standard InChI is InChI=1S/C26H24BrNO6/c27-22-10-9-15(13-20(22)25(31)32)24(30)23(29)11-12-28-26(33)34-14-21-18-7-3-1-5-16(18)17-6-2-4-8-19(17)21/h1-10,13,21,23-24,29-30H,11-12,14H2,(H,28,33)(H,31,32). The van der Waals surface area contributed by atoms with Crippen molar-refractivity contribution in [3.8, 4) is 11.1 Å². The first-order valence-corrected chi connectivity index (χ1v) is 11.6. The Kier molecular flexibility index (Phi) is 7.31. The van der Waals surface area contributed by atoms with Gasteiger partial charge in [0.1, 0.15) is 12.7 Å². The lowest BCUT2D eigenvalue weighted by Gasteiger charge is -2.19. The van der Waals surface area contributed by atoms with Gasteiger partial charge in [0.25, 0.3) is 0 Å². The summed E-state index contributed by atoms with van der Waals surface area (Å²) in [6.45, 7) is 0.263. The highest BCUT2D eigenvalue weighted by Gasteiger charge is 2.29. The number of aromatic carboxylic acids is 1. The fourth-order valence-electron chi connectivity index (χ4n) is 4.24. The number of amides is 1. The van der Waals surface area contributed by atoms with Gasteiger partial charge in [-0.05, 0) is 62.3 Å². The zero-order valence-electron chi connectivity index (χ0n) is 18.1. The third kappa shape index (κ3) is 4.99. The monoisotopic (exact) mass is 525 g/mol. The minimum absolute atomic E-state index is 0.0134. The summed E-state index contributed by atoms with van der Waals surface area (Å²) in [5.41, 5.74) is 4.77. The molecule has 0 bridgehead atoms. The molecule has 3 aromatic rings. The van der Waals surface area contributed by atoms with Crippen molar-refractivity contribution in [1.82, 2.24) is 5.32 Å². The van der Waals surface area contributed by atoms with Gasteiger partial charge in [-0.3, -0.25) is 0 Å². The number of aliphatic hydroxyl groups excluding tert-OH is 2. The number of carboxylic acids is 1. The Morgan fingerprint density at radius 3 is 2.21 bits per heavy atom. The van der Waals surface area contributed by atoms with Crippen LogP contribution >= 0.6 is 15.9 Å². The lowest BCUT2D eigenvalue weighted by molar-refractivity contribution is 0.0136. The van der Waals surface area contributed by atoms with Gasteiger partial charge >= 0.3 is 12.1 Å². The van der Waals surface area contributed by atoms with Gasteiger partial charge in [0.2, 0.25) is 0 Å². The van der Waals surface area contributed by atoms with Gasteiger partial charge in [0.15, 0.2) is 0 Å². The zero-order valence-corrected chi connectivity index (χ0v) is 19.7. The molecule has 0 aromatic heterocycles. The maximum Gasteiger partial charge on any atom is 0.407 e. The molecule has 3 aromatic carbocycles. The number of hydrogen-bond acceptors (Lipinski definition) is 5. The summed E-state index contributed by atoms with van der Waals surface area (Å²) in [6.07, 6.45) is -3.04. The van der Waals surface area contributed by atoms with Crippen LogP contribution in [0.1, 0.15) is 45.5 Å². The minimum atomic E-state index is -1.30. The van der Waals surface area contributed by atoms with Gasteiger partial charge in [-0.25, -0.2) is 9.59 Å². The van der Waals surface area contributed by atoms with Crippen LogP contribution in [-0.2, 0) is 4.74 Å². The van der Waals surface area contributed by atoms with Gasteiger partial charge in [-0.15, -0.1) is 0 Å². The summed E-state index contributed by atoms with van der Waals surface area (Å²) in [6, 6.07) is 20.5. The van der Waals surface area contributed by atoms with E-state index in [0.29, 0.717) is 4.47 Å². The van der Waals surface area contributed by atoms with Crippen LogP contribution in [0.2, 0.25) is 0 Å². The SMILES string of the molecule is O=C(NCCC(O)C(O)c1ccc(Br)c(C(=O)O)c1)OCC1c2ccccc2-c2ccccc21. The molecule has 34 heavy (non-hydrogen) atoms. The van der Waals surface area contributed by atoms with Crippen molar-refractivity contribution in [2.45, 2.75) is 24.5 Å². The number of fused-ring (bicyclic) bond motifs is 3. The Morgan fingerprint density at radius 1 is 0.971 bits per heavy atom. The number of carbonyl (C=O) groups excluding carboxylic acids is 1. The van der Waals surface area contributed by atoms with Crippen LogP contribution in [0.5, 0.6) is 0 Å². The number of halogens is 1. The van der Waals surface area contributed by atoms with Crippen molar-refractivity contribution in [3.63, 3.8) is 0 Å². The predicted octanol–water partition coefficient (Wildman–Crippen LogP) is 4.47. The Labute approximate surface area is 205 Å². The number of hydrogen-bond donors (Lipinski definition) is 4. The molecule has 1 aliphatic carbocycles. The van der Waals surface area contributed by atoms with Crippen molar-refractivity contribution in [3.05, 3.63) is 93.5 Å². The van der Waals surface area contributed by atoms with E-state index in [1.807, 2.05) is 36.4 Å². The van der Waals surface area contributed by atoms with Crippen LogP contribution in [0.4, 0.5) is 4.79 Å². The molecular formula is C26H24BrNO6. The summed E-state index contributed by atoms with van der Waals surface area (Å²) >= 11 is 3.15. The van der Waals surface area contributed by atoms with E-state index in [4.69, 9.17) is 4.74 Å². The highest BCUT2D eigenvalue weighted by atomic mass is 79.9. The molecule has 0 aliphatic heterocycles. The lowest BCUT2D eigenvalue weighted by Crippen LogP contribution is -2.30. The Balaban J connectivity index is 1.29. The van der Waals surface area contributed by atoms with Crippen molar-refractivity contribution < 1.29 is 29.6 Å². The number of benzene rings is 3. The third-order valence-electron chi connectivity index (χ3n) is 5.98. The van der Waals surface area contributed by atoms with Gasteiger partial charge in [-0.2, -0.15) is 0 Å². The van der Waals surface area contributed by atoms with E-state index in [2.05, 4.69) is 33.4 Å². The van der Waals surface area contributed by atoms with Crippen molar-refractivity contribution in [2.24, 2.45) is 0 Å². The van der Waals surface area contributed by atoms with Crippen molar-refractivity contribution in [1.29, 1.82) is 0 Å². The molecule has 4 N–H and O–H groups in total. The smallest absolute Gasteiger partial charge is 0.407 e. The van der Waals surface area contributed by atoms with Crippen LogP contribution in [-0.4, -0.2) is 46.6 Å². The number of rotatable bonds is 8. The molecule has 2 atom stereocenters. The van der Waals surface area contributed by atoms with Crippen LogP contribution in [0, 0.1) is 0 Å². The maximum absolute atomic E-state index is 12.3. The molecule has 0 heterocycles. The van der Waals surface area contributed by atoms with Crippen molar-refractivity contribution in [2.75, 3.05) is 13.2 Å². The highest BCUT2D eigenvalue weighted by molar-refractivity contribution is 9.10. The molecule has 0 saturated carbocycles. The Morgan fingerprint density at radius 2 is 1.59 bits per heavy atom. The van der Waals surface area contributed by atoms with E-state index in [0.717, 1.165) is 22.3 Å². The van der Waals surface area contributed by atoms with Gasteiger partial charge in [-0.1, -0.05) is 54.6 Å². The molecule has 0 saturated heterocycles. The quantitative estimate of drug-likeness (QED) is 0.344. The van der Waals surface area contributed by atoms with Crippen LogP contribution in [0.25, 0.3) is 11.1 Å². The first-order valence-electron chi connectivity index (χ1n) is 10.8. The van der Waals surface area contributed by atoms with E-state index in [9.17, 15) is 24.9 Å². The molecular weight excluding hydrogens is 502 g/mol. The summed E-state index contributed by atoms with van der Waals surface area (Å²) in [7, 11) is 0. The summed E-state index contributed by atoms with van der Waals surface area (Å²) < 4.78 is 5.83. The molecule has 7 nitrogen and oxygen atoms in total. The molecule has 0 spiro atoms. The van der Waals surface area contributed by atoms with E-state index >= 15 is 0 Å². The summed E-state index contributed by atoms with van der Waals surface area (Å²) in [4.78, 5) is 23.5. The van der Waals surface area contributed by atoms with E-state index in [-0.39, 0.29) is 36.6 Å². The molecule has 2 unspecified atom stereocenters. The summed E-state index contributed by atoms with van der Waals surface area (Å²) in [5, 5.41) is 32.5. The van der Waals surface area contributed by atoms with Gasteiger partial charge in [0, 0.05) is 16.9 Å². The average molecular weight is 526 g/mol. The molecule has 1 aliphatic rings. The number of ether oxygens (including phenoxy) is 1. The van der Waals surface area contributed by atoms with E-state index < -0.39 is 24.3 Å². The third-order valence-corrected chi connectivity index (χ3v) is 6.67. The molecule has 1 amide bonds. The number of alkyl carbamates (subject to hydrolysis) is 1. The Hall–Kier alpha value is -3.20. The lowest BCUT2D eigenvalue weighted by atomic mass is 9.98. The number of carbonyl (C=O) groups is 2. The second-order valence-electron chi connectivity index (χ2n) is 8.10. The molecule has 0 fully saturated rings. The molecule has 0 radical (unpaired) electrons. The molecule has 4 rings (SSSR count). The van der Waals surface area contributed by atoms with Crippen LogP contribution < -0.4 is 5.32 Å². The zero-order chi connectivity index (χ0) is 24.2. The Bertz CT molecular complexity index is 1170. The van der Waals surface area contributed by atoms with Gasteiger partial charge in [0.05, 0.1) is 11.7 Å². The maximum atomic E-state index is 12.3. The second kappa shape index (κ2) is 10.4. The van der Waals surface area contributed by atoms with Crippen molar-refractivity contribution >= 4 is 28.0 Å². The second-order valence-corrected chi connectivity index (χ2v) is 8.95. The normalized spacial score (nSPS) is 14.1. The fourth-order valence-corrected chi connectivity index (χ4v) is 4.66. The first kappa shape index (κ1) is 23.9. The topological polar surface area (TPSA) is 116 Å². The number of carboxylic acid groups (broad SMARTS) is 1.